The van der Waals surface area contributed by atoms with E-state index < -0.39 is 5.92 Å². The maximum absolute atomic E-state index is 14.0. The summed E-state index contributed by atoms with van der Waals surface area (Å²) in [5.41, 5.74) is 3.59. The molecule has 4 N–H and O–H groups in total. The van der Waals surface area contributed by atoms with Gasteiger partial charge in [0.05, 0.1) is 34.8 Å². The molecule has 0 unspecified atom stereocenters. The second kappa shape index (κ2) is 10.5. The molecular weight excluding hydrogens is 510 g/mol. The predicted molar refractivity (Wildman–Crippen MR) is 144 cm³/mol. The highest BCUT2D eigenvalue weighted by Crippen LogP contribution is 2.32. The molecule has 1 aliphatic heterocycles. The highest BCUT2D eigenvalue weighted by atomic mass is 32.1. The number of fused-ring (bicyclic) bond motifs is 1. The minimum absolute atomic E-state index is 0.0691. The second-order valence-corrected chi connectivity index (χ2v) is 11.2. The van der Waals surface area contributed by atoms with Gasteiger partial charge in [0.15, 0.2) is 5.13 Å². The van der Waals surface area contributed by atoms with E-state index in [4.69, 9.17) is 4.98 Å². The van der Waals surface area contributed by atoms with Gasteiger partial charge in [-0.15, -0.1) is 0 Å². The maximum atomic E-state index is 14.0. The van der Waals surface area contributed by atoms with Crippen LogP contribution in [0.2, 0.25) is 0 Å². The lowest BCUT2D eigenvalue weighted by atomic mass is 9.93. The number of thiazole rings is 1. The molecule has 2 aliphatic rings. The zero-order valence-electron chi connectivity index (χ0n) is 20.8. The predicted octanol–water partition coefficient (Wildman–Crippen LogP) is 5.17. The summed E-state index contributed by atoms with van der Waals surface area (Å²) in [5.74, 6) is -1.66. The van der Waals surface area contributed by atoms with Crippen LogP contribution >= 0.6 is 11.3 Å². The summed E-state index contributed by atoms with van der Waals surface area (Å²) in [6.07, 6.45) is 6.89. The number of aromatic amines is 1. The minimum Gasteiger partial charge on any atom is -0.393 e. The van der Waals surface area contributed by atoms with Crippen LogP contribution in [0.15, 0.2) is 36.7 Å². The Hall–Kier alpha value is -3.22. The van der Waals surface area contributed by atoms with Crippen molar-refractivity contribution in [2.45, 2.75) is 63.1 Å². The Morgan fingerprint density at radius 2 is 1.97 bits per heavy atom. The molecule has 4 aromatic rings. The summed E-state index contributed by atoms with van der Waals surface area (Å²) < 4.78 is 29.1. The van der Waals surface area contributed by atoms with Crippen molar-refractivity contribution in [1.82, 2.24) is 30.0 Å². The van der Waals surface area contributed by atoms with E-state index in [2.05, 4.69) is 36.9 Å². The summed E-state index contributed by atoms with van der Waals surface area (Å²) in [7, 11) is 0. The van der Waals surface area contributed by atoms with Gasteiger partial charge in [-0.25, -0.2) is 18.7 Å². The average Bonchev–Trinajstić information content (AvgIpc) is 3.54. The van der Waals surface area contributed by atoms with Gasteiger partial charge in [0.25, 0.3) is 5.92 Å². The first kappa shape index (κ1) is 25.1. The van der Waals surface area contributed by atoms with Crippen LogP contribution in [0.25, 0.3) is 21.3 Å². The number of nitrogens with one attached hydrogen (secondary N) is 3. The molecular formula is C26H30F2N8OS. The molecule has 9 nitrogen and oxygen atoms in total. The number of hydrogen-bond acceptors (Lipinski definition) is 9. The van der Waals surface area contributed by atoms with Crippen molar-refractivity contribution >= 4 is 38.5 Å². The van der Waals surface area contributed by atoms with Crippen LogP contribution in [0.4, 0.5) is 25.7 Å². The van der Waals surface area contributed by atoms with E-state index >= 15 is 0 Å². The Bertz CT molecular complexity index is 1390. The third kappa shape index (κ3) is 5.92. The summed E-state index contributed by atoms with van der Waals surface area (Å²) in [6, 6.07) is 8.04. The van der Waals surface area contributed by atoms with Crippen LogP contribution < -0.4 is 10.6 Å². The molecule has 2 fully saturated rings. The highest BCUT2D eigenvalue weighted by Gasteiger charge is 2.35. The summed E-state index contributed by atoms with van der Waals surface area (Å²) in [5, 5.41) is 24.1. The number of hydrogen-bond donors (Lipinski definition) is 4. The van der Waals surface area contributed by atoms with Gasteiger partial charge >= 0.3 is 0 Å². The number of likely N-dealkylation sites (tertiary alicyclic amines) is 1. The van der Waals surface area contributed by atoms with Crippen molar-refractivity contribution in [3.8, 4) is 11.1 Å². The number of rotatable bonds is 7. The number of halogens is 2. The summed E-state index contributed by atoms with van der Waals surface area (Å²) >= 11 is 1.52. The molecule has 3 aromatic heterocycles. The number of anilines is 3. The Morgan fingerprint density at radius 1 is 1.11 bits per heavy atom. The third-order valence-corrected chi connectivity index (χ3v) is 8.06. The van der Waals surface area contributed by atoms with E-state index in [1.54, 1.807) is 11.1 Å². The molecule has 12 heteroatoms. The van der Waals surface area contributed by atoms with E-state index in [1.165, 1.54) is 11.3 Å². The van der Waals surface area contributed by atoms with Gasteiger partial charge < -0.3 is 15.7 Å². The van der Waals surface area contributed by atoms with Gasteiger partial charge in [0.2, 0.25) is 5.95 Å². The Balaban J connectivity index is 1.25. The monoisotopic (exact) mass is 540 g/mol. The summed E-state index contributed by atoms with van der Waals surface area (Å²) in [4.78, 5) is 15.8. The first-order valence-electron chi connectivity index (χ1n) is 13.0. The third-order valence-electron chi connectivity index (χ3n) is 7.12. The molecule has 200 valence electrons. The largest absolute Gasteiger partial charge is 0.393 e. The second-order valence-electron chi connectivity index (χ2n) is 10.2. The maximum Gasteiger partial charge on any atom is 0.260 e. The van der Waals surface area contributed by atoms with Crippen LogP contribution in [-0.2, 0) is 6.54 Å². The zero-order chi connectivity index (χ0) is 26.1. The molecule has 1 saturated heterocycles. The number of aliphatic hydroxyl groups is 1. The molecule has 6 rings (SSSR count). The first-order valence-corrected chi connectivity index (χ1v) is 13.8. The lowest BCUT2D eigenvalue weighted by Gasteiger charge is -2.32. The van der Waals surface area contributed by atoms with E-state index in [-0.39, 0.29) is 25.1 Å². The van der Waals surface area contributed by atoms with Crippen molar-refractivity contribution in [3.63, 3.8) is 0 Å². The Kier molecular flexibility index (Phi) is 6.93. The molecule has 1 aromatic carbocycles. The van der Waals surface area contributed by atoms with Crippen LogP contribution in [0.5, 0.6) is 0 Å². The van der Waals surface area contributed by atoms with E-state index in [1.807, 2.05) is 24.4 Å². The van der Waals surface area contributed by atoms with E-state index in [9.17, 15) is 13.9 Å². The van der Waals surface area contributed by atoms with Gasteiger partial charge in [-0.05, 0) is 56.3 Å². The van der Waals surface area contributed by atoms with Crippen LogP contribution in [-0.4, -0.2) is 66.3 Å². The molecule has 0 radical (unpaired) electrons. The molecule has 38 heavy (non-hydrogen) atoms. The molecule has 1 aliphatic carbocycles. The fourth-order valence-electron chi connectivity index (χ4n) is 5.20. The van der Waals surface area contributed by atoms with E-state index in [0.717, 1.165) is 47.0 Å². The highest BCUT2D eigenvalue weighted by molar-refractivity contribution is 7.22. The topological polar surface area (TPSA) is 115 Å². The number of benzene rings is 1. The Labute approximate surface area is 222 Å². The molecule has 4 heterocycles. The fourth-order valence-corrected chi connectivity index (χ4v) is 6.11. The molecule has 0 bridgehead atoms. The number of aliphatic hydroxyl groups excluding tert-OH is 1. The number of nitrogens with zero attached hydrogens (tertiary/aromatic N) is 5. The van der Waals surface area contributed by atoms with Gasteiger partial charge in [-0.3, -0.25) is 10.00 Å². The van der Waals surface area contributed by atoms with Gasteiger partial charge in [-0.2, -0.15) is 10.1 Å². The normalized spacial score (nSPS) is 22.0. The van der Waals surface area contributed by atoms with Gasteiger partial charge in [-0.1, -0.05) is 17.4 Å². The molecule has 0 amide bonds. The van der Waals surface area contributed by atoms with Crippen molar-refractivity contribution in [2.75, 3.05) is 23.7 Å². The summed E-state index contributed by atoms with van der Waals surface area (Å²) in [6.45, 7) is 0.668. The number of aromatic nitrogens is 5. The van der Waals surface area contributed by atoms with Gasteiger partial charge in [0, 0.05) is 36.8 Å². The van der Waals surface area contributed by atoms with E-state index in [0.29, 0.717) is 42.1 Å². The minimum atomic E-state index is -2.67. The smallest absolute Gasteiger partial charge is 0.260 e. The number of alkyl halides is 2. The Morgan fingerprint density at radius 3 is 2.76 bits per heavy atom. The SMILES string of the molecule is O[C@H]1CC[C@H](Nc2nc(CN3CCCC(F)(F)C3)cc(Nc3nc4ccc(-c5cn[nH]c5)cc4s3)n2)CC1. The lowest BCUT2D eigenvalue weighted by molar-refractivity contribution is -0.0663. The number of H-pyrrole nitrogens is 1. The van der Waals surface area contributed by atoms with Crippen molar-refractivity contribution < 1.29 is 13.9 Å². The average molecular weight is 541 g/mol. The van der Waals surface area contributed by atoms with Gasteiger partial charge in [0.1, 0.15) is 5.82 Å². The van der Waals surface area contributed by atoms with Crippen LogP contribution in [0, 0.1) is 0 Å². The van der Waals surface area contributed by atoms with Crippen molar-refractivity contribution in [1.29, 1.82) is 0 Å². The quantitative estimate of drug-likeness (QED) is 0.254. The van der Waals surface area contributed by atoms with Crippen molar-refractivity contribution in [2.24, 2.45) is 0 Å². The lowest BCUT2D eigenvalue weighted by Crippen LogP contribution is -2.42. The molecule has 0 atom stereocenters. The molecule has 1 saturated carbocycles. The standard InChI is InChI=1S/C26H30F2N8OS/c27-26(28)8-1-9-36(15-26)14-19-11-23(34-24(32-19)31-18-3-5-20(37)6-4-18)35-25-33-21-7-2-16(10-22(21)38-25)17-12-29-30-13-17/h2,7,10-13,18,20,37H,1,3-6,8-9,14-15H2,(H,29,30)(H2,31,32,33,34,35)/t18-,20-. The van der Waals surface area contributed by atoms with Crippen LogP contribution in [0.1, 0.15) is 44.2 Å². The van der Waals surface area contributed by atoms with Crippen molar-refractivity contribution in [3.05, 3.63) is 42.4 Å². The first-order chi connectivity index (χ1) is 18.4. The zero-order valence-corrected chi connectivity index (χ0v) is 21.6. The number of piperidine rings is 1. The van der Waals surface area contributed by atoms with Crippen LogP contribution in [0.3, 0.4) is 0 Å². The molecule has 0 spiro atoms. The fraction of sp³-hybridized carbons (Fsp3) is 0.462.